The highest BCUT2D eigenvalue weighted by molar-refractivity contribution is 6.23. The molecule has 3 aromatic heterocycles. The number of allylic oxidation sites excluding steroid dienone is 4. The van der Waals surface area contributed by atoms with E-state index < -0.39 is 0 Å². The lowest BCUT2D eigenvalue weighted by molar-refractivity contribution is 0.645. The van der Waals surface area contributed by atoms with Crippen LogP contribution in [0.4, 0.5) is 0 Å². The smallest absolute Gasteiger partial charge is 0.213 e. The molecule has 3 heteroatoms. The van der Waals surface area contributed by atoms with Crippen LogP contribution in [0.3, 0.4) is 0 Å². The molecule has 11 aromatic rings. The molecule has 0 fully saturated rings. The number of hydrogen-bond acceptors (Lipinski definition) is 2. The van der Waals surface area contributed by atoms with Gasteiger partial charge in [-0.05, 0) is 110 Å². The largest absolute Gasteiger partial charge is 0.439 e. The van der Waals surface area contributed by atoms with E-state index >= 15 is 0 Å². The molecule has 4 aliphatic rings. The zero-order valence-corrected chi connectivity index (χ0v) is 35.5. The fourth-order valence-corrected chi connectivity index (χ4v) is 13.0. The number of rotatable bonds is 2. The quantitative estimate of drug-likeness (QED) is 0.163. The molecular weight excluding hydrogens is 777 g/mol. The van der Waals surface area contributed by atoms with Gasteiger partial charge < -0.3 is 4.42 Å². The number of fused-ring (bicyclic) bond motifs is 22. The second-order valence-electron chi connectivity index (χ2n) is 18.8. The molecule has 0 saturated carbocycles. The van der Waals surface area contributed by atoms with Crippen molar-refractivity contribution in [1.29, 1.82) is 0 Å². The first-order valence-electron chi connectivity index (χ1n) is 22.7. The van der Waals surface area contributed by atoms with Gasteiger partial charge in [0.1, 0.15) is 5.58 Å². The van der Waals surface area contributed by atoms with E-state index in [9.17, 15) is 0 Å². The second-order valence-corrected chi connectivity index (χ2v) is 18.8. The third-order valence-electron chi connectivity index (χ3n) is 15.5. The van der Waals surface area contributed by atoms with Gasteiger partial charge in [0.2, 0.25) is 5.71 Å². The molecule has 4 aliphatic carbocycles. The van der Waals surface area contributed by atoms with E-state index in [1.807, 2.05) is 0 Å². The fraction of sp³-hybridized carbons (Fsp3) is 0.0984. The number of nitrogens with zero attached hydrogens (tertiary/aromatic N) is 2. The van der Waals surface area contributed by atoms with Gasteiger partial charge in [0, 0.05) is 43.6 Å². The molecule has 64 heavy (non-hydrogen) atoms. The van der Waals surface area contributed by atoms with E-state index in [2.05, 4.69) is 200 Å². The standard InChI is InChI=1S/C61H40N2O/c1-60(2)45-24-9-3-20-39(45)40-31-33-51-56(57(40)60)55-43-23-8-14-29-52(43)64-59(55)63(51)36-17-15-16-35(34-36)58-44-30-32-49-54(53(44)42-22-7-13-28-50(42)62-58)41-21-6-12-27-48(41)61(49)46-25-10-4-18-37(46)38-19-5-11-26-47(38)61/h3-10,12-25,27-34H,11,26H2,1-2H3. The summed E-state index contributed by atoms with van der Waals surface area (Å²) in [5.41, 5.74) is 23.0. The van der Waals surface area contributed by atoms with Crippen LogP contribution >= 0.6 is 0 Å². The minimum Gasteiger partial charge on any atom is -0.439 e. The summed E-state index contributed by atoms with van der Waals surface area (Å²) in [6, 6.07) is 63.0. The van der Waals surface area contributed by atoms with Gasteiger partial charge in [-0.25, -0.2) is 4.98 Å². The summed E-state index contributed by atoms with van der Waals surface area (Å²) in [6.07, 6.45) is 6.84. The summed E-state index contributed by atoms with van der Waals surface area (Å²) in [6.45, 7) is 4.76. The lowest BCUT2D eigenvalue weighted by Gasteiger charge is -2.33. The molecule has 0 amide bonds. The van der Waals surface area contributed by atoms with E-state index in [1.165, 1.54) is 88.3 Å². The Balaban J connectivity index is 1.01. The first kappa shape index (κ1) is 34.8. The van der Waals surface area contributed by atoms with Crippen molar-refractivity contribution in [3.63, 3.8) is 0 Å². The van der Waals surface area contributed by atoms with Gasteiger partial charge >= 0.3 is 0 Å². The van der Waals surface area contributed by atoms with Crippen LogP contribution in [0, 0.1) is 0 Å². The molecule has 8 aromatic carbocycles. The summed E-state index contributed by atoms with van der Waals surface area (Å²) in [4.78, 5) is 5.57. The van der Waals surface area contributed by atoms with Gasteiger partial charge in [0.15, 0.2) is 0 Å². The summed E-state index contributed by atoms with van der Waals surface area (Å²) < 4.78 is 9.29. The third kappa shape index (κ3) is 4.08. The van der Waals surface area contributed by atoms with Gasteiger partial charge in [-0.1, -0.05) is 166 Å². The Labute approximate surface area is 370 Å². The molecule has 1 unspecified atom stereocenters. The molecule has 0 N–H and O–H groups in total. The molecule has 300 valence electrons. The number of aromatic nitrogens is 2. The topological polar surface area (TPSA) is 31.0 Å². The molecule has 1 atom stereocenters. The second kappa shape index (κ2) is 12.0. The molecule has 3 nitrogen and oxygen atoms in total. The van der Waals surface area contributed by atoms with Crippen LogP contribution in [0.1, 0.15) is 60.1 Å². The Morgan fingerprint density at radius 1 is 0.562 bits per heavy atom. The number of benzene rings is 8. The average Bonchev–Trinajstić information content (AvgIpc) is 4.10. The molecule has 1 spiro atoms. The van der Waals surface area contributed by atoms with Crippen LogP contribution in [-0.2, 0) is 10.8 Å². The van der Waals surface area contributed by atoms with Crippen molar-refractivity contribution in [3.8, 4) is 39.2 Å². The molecule has 15 rings (SSSR count). The molecule has 0 saturated heterocycles. The van der Waals surface area contributed by atoms with Gasteiger partial charge in [-0.15, -0.1) is 0 Å². The highest BCUT2D eigenvalue weighted by atomic mass is 16.3. The van der Waals surface area contributed by atoms with Gasteiger partial charge in [-0.3, -0.25) is 4.57 Å². The van der Waals surface area contributed by atoms with Crippen LogP contribution in [-0.4, -0.2) is 9.55 Å². The van der Waals surface area contributed by atoms with Crippen molar-refractivity contribution in [2.75, 3.05) is 0 Å². The molecule has 0 bridgehead atoms. The first-order chi connectivity index (χ1) is 31.5. The van der Waals surface area contributed by atoms with E-state index in [0.717, 1.165) is 62.9 Å². The Bertz CT molecular complexity index is 4000. The van der Waals surface area contributed by atoms with Crippen LogP contribution in [0.15, 0.2) is 192 Å². The number of pyridine rings is 1. The monoisotopic (exact) mass is 816 g/mol. The van der Waals surface area contributed by atoms with Crippen molar-refractivity contribution in [2.24, 2.45) is 0 Å². The molecule has 0 aliphatic heterocycles. The fourth-order valence-electron chi connectivity index (χ4n) is 13.0. The SMILES string of the molecule is CC1(C)c2ccccc2-c2ccc3c(c21)c1c2ccccc2oc1n3-c1cccc(-c2nc3ccccc3c3c4c(ccc23)C2(C3=C(C=CCC3)c3ccccc32)c2ccccc2-4)c1. The Morgan fingerprint density at radius 2 is 1.30 bits per heavy atom. The van der Waals surface area contributed by atoms with Crippen LogP contribution in [0.25, 0.3) is 99.4 Å². The molecule has 3 heterocycles. The van der Waals surface area contributed by atoms with E-state index in [-0.39, 0.29) is 10.8 Å². The Morgan fingerprint density at radius 3 is 2.17 bits per heavy atom. The van der Waals surface area contributed by atoms with Crippen molar-refractivity contribution < 1.29 is 4.42 Å². The van der Waals surface area contributed by atoms with Gasteiger partial charge in [0.25, 0.3) is 0 Å². The maximum atomic E-state index is 6.93. The summed E-state index contributed by atoms with van der Waals surface area (Å²) >= 11 is 0. The van der Waals surface area contributed by atoms with Gasteiger partial charge in [-0.2, -0.15) is 0 Å². The zero-order chi connectivity index (χ0) is 42.1. The third-order valence-corrected chi connectivity index (χ3v) is 15.5. The van der Waals surface area contributed by atoms with E-state index in [1.54, 1.807) is 0 Å². The molecule has 0 radical (unpaired) electrons. The Hall–Kier alpha value is -7.75. The highest BCUT2D eigenvalue weighted by Crippen LogP contribution is 2.65. The summed E-state index contributed by atoms with van der Waals surface area (Å²) in [5.74, 6) is 0. The lowest BCUT2D eigenvalue weighted by atomic mass is 9.68. The number of hydrogen-bond donors (Lipinski definition) is 0. The van der Waals surface area contributed by atoms with Crippen molar-refractivity contribution in [2.45, 2.75) is 37.5 Å². The van der Waals surface area contributed by atoms with Crippen LogP contribution in [0.5, 0.6) is 0 Å². The highest BCUT2D eigenvalue weighted by Gasteiger charge is 2.53. The minimum atomic E-state index is -0.342. The zero-order valence-electron chi connectivity index (χ0n) is 35.5. The van der Waals surface area contributed by atoms with E-state index in [4.69, 9.17) is 9.40 Å². The first-order valence-corrected chi connectivity index (χ1v) is 22.7. The predicted molar refractivity (Wildman–Crippen MR) is 263 cm³/mol. The molecular formula is C61H40N2O. The number of para-hydroxylation sites is 2. The van der Waals surface area contributed by atoms with Gasteiger partial charge in [0.05, 0.1) is 27.5 Å². The summed E-state index contributed by atoms with van der Waals surface area (Å²) in [7, 11) is 0. The van der Waals surface area contributed by atoms with E-state index in [0.29, 0.717) is 0 Å². The van der Waals surface area contributed by atoms with Crippen LogP contribution in [0.2, 0.25) is 0 Å². The summed E-state index contributed by atoms with van der Waals surface area (Å²) in [5, 5.41) is 7.20. The van der Waals surface area contributed by atoms with Crippen molar-refractivity contribution >= 4 is 60.2 Å². The minimum absolute atomic E-state index is 0.192. The van der Waals surface area contributed by atoms with Crippen LogP contribution < -0.4 is 0 Å². The maximum Gasteiger partial charge on any atom is 0.213 e. The normalized spacial score (nSPS) is 17.5. The van der Waals surface area contributed by atoms with Crippen molar-refractivity contribution in [1.82, 2.24) is 9.55 Å². The predicted octanol–water partition coefficient (Wildman–Crippen LogP) is 15.6. The Kier molecular flexibility index (Phi) is 6.54. The average molecular weight is 817 g/mol. The maximum absolute atomic E-state index is 6.93. The number of furan rings is 1. The van der Waals surface area contributed by atoms with Crippen molar-refractivity contribution in [3.05, 3.63) is 221 Å². The lowest BCUT2D eigenvalue weighted by Crippen LogP contribution is -2.27.